The van der Waals surface area contributed by atoms with Crippen LogP contribution in [0.2, 0.25) is 0 Å². The predicted molar refractivity (Wildman–Crippen MR) is 120 cm³/mol. The summed E-state index contributed by atoms with van der Waals surface area (Å²) in [7, 11) is 0. The first-order valence-corrected chi connectivity index (χ1v) is 11.8. The van der Waals surface area contributed by atoms with E-state index in [4.69, 9.17) is 0 Å². The molecular formula is C22H23N5OS2. The molecule has 154 valence electrons. The molecule has 6 nitrogen and oxygen atoms in total. The van der Waals surface area contributed by atoms with Crippen molar-refractivity contribution in [2.75, 3.05) is 11.1 Å². The number of carbonyl (C=O) groups excluding carboxylic acids is 1. The Labute approximate surface area is 184 Å². The summed E-state index contributed by atoms with van der Waals surface area (Å²) in [5, 5.41) is 22.4. The average Bonchev–Trinajstić information content (AvgIpc) is 3.16. The molecule has 1 aliphatic carbocycles. The molecule has 0 spiro atoms. The van der Waals surface area contributed by atoms with Crippen LogP contribution in [0.1, 0.15) is 46.7 Å². The van der Waals surface area contributed by atoms with Gasteiger partial charge in [-0.05, 0) is 56.7 Å². The number of amides is 1. The Morgan fingerprint density at radius 1 is 1.23 bits per heavy atom. The van der Waals surface area contributed by atoms with Gasteiger partial charge < -0.3 is 5.32 Å². The number of aryl methyl sites for hydroxylation is 3. The van der Waals surface area contributed by atoms with E-state index in [0.717, 1.165) is 48.3 Å². The molecule has 0 saturated carbocycles. The van der Waals surface area contributed by atoms with E-state index in [1.807, 2.05) is 42.7 Å². The quantitative estimate of drug-likeness (QED) is 0.457. The fourth-order valence-electron chi connectivity index (χ4n) is 3.77. The number of hydrogen-bond donors (Lipinski definition) is 1. The average molecular weight is 438 g/mol. The van der Waals surface area contributed by atoms with Crippen LogP contribution in [-0.2, 0) is 17.6 Å². The number of nitrogens with one attached hydrogen (secondary N) is 1. The minimum atomic E-state index is -0.134. The molecule has 0 atom stereocenters. The Morgan fingerprint density at radius 2 is 2.03 bits per heavy atom. The van der Waals surface area contributed by atoms with E-state index in [1.165, 1.54) is 23.1 Å². The van der Waals surface area contributed by atoms with Crippen molar-refractivity contribution in [3.63, 3.8) is 0 Å². The topological polar surface area (TPSA) is 83.6 Å². The lowest BCUT2D eigenvalue weighted by Gasteiger charge is -2.11. The van der Waals surface area contributed by atoms with Crippen LogP contribution in [0.3, 0.4) is 0 Å². The van der Waals surface area contributed by atoms with Crippen molar-refractivity contribution >= 4 is 34.0 Å². The summed E-state index contributed by atoms with van der Waals surface area (Å²) in [6, 6.07) is 10.4. The van der Waals surface area contributed by atoms with Crippen LogP contribution in [0.25, 0.3) is 5.69 Å². The SMILES string of the molecule is Cc1ccccc1-n1c(C)nnc1SCC(=O)Nc1sc2c(c1C#N)CCCCC2. The lowest BCUT2D eigenvalue weighted by atomic mass is 10.1. The molecule has 8 heteroatoms. The van der Waals surface area contributed by atoms with E-state index in [1.54, 1.807) is 11.3 Å². The van der Waals surface area contributed by atoms with Gasteiger partial charge in [0.05, 0.1) is 17.0 Å². The Morgan fingerprint density at radius 3 is 2.83 bits per heavy atom. The van der Waals surface area contributed by atoms with Gasteiger partial charge in [-0.2, -0.15) is 5.26 Å². The summed E-state index contributed by atoms with van der Waals surface area (Å²) in [5.74, 6) is 0.850. The van der Waals surface area contributed by atoms with Crippen LogP contribution in [0.15, 0.2) is 29.4 Å². The van der Waals surface area contributed by atoms with Crippen LogP contribution >= 0.6 is 23.1 Å². The third-order valence-electron chi connectivity index (χ3n) is 5.27. The highest BCUT2D eigenvalue weighted by atomic mass is 32.2. The van der Waals surface area contributed by atoms with E-state index >= 15 is 0 Å². The maximum atomic E-state index is 12.7. The summed E-state index contributed by atoms with van der Waals surface area (Å²) in [6.07, 6.45) is 5.38. The number of anilines is 1. The largest absolute Gasteiger partial charge is 0.316 e. The fraction of sp³-hybridized carbons (Fsp3) is 0.364. The van der Waals surface area contributed by atoms with Crippen LogP contribution in [-0.4, -0.2) is 26.4 Å². The number of carbonyl (C=O) groups is 1. The highest BCUT2D eigenvalue weighted by Crippen LogP contribution is 2.37. The van der Waals surface area contributed by atoms with Crippen LogP contribution < -0.4 is 5.32 Å². The molecule has 30 heavy (non-hydrogen) atoms. The van der Waals surface area contributed by atoms with Gasteiger partial charge in [0.15, 0.2) is 5.16 Å². The summed E-state index contributed by atoms with van der Waals surface area (Å²) in [5.41, 5.74) is 3.91. The number of benzene rings is 1. The maximum absolute atomic E-state index is 12.7. The molecule has 0 aliphatic heterocycles. The Kier molecular flexibility index (Phi) is 6.21. The van der Waals surface area contributed by atoms with Gasteiger partial charge in [0, 0.05) is 4.88 Å². The van der Waals surface area contributed by atoms with Crippen molar-refractivity contribution in [1.82, 2.24) is 14.8 Å². The number of thiophene rings is 1. The van der Waals surface area contributed by atoms with Gasteiger partial charge in [0.1, 0.15) is 16.9 Å². The van der Waals surface area contributed by atoms with Crippen molar-refractivity contribution in [2.24, 2.45) is 0 Å². The highest BCUT2D eigenvalue weighted by molar-refractivity contribution is 7.99. The summed E-state index contributed by atoms with van der Waals surface area (Å²) >= 11 is 2.91. The van der Waals surface area contributed by atoms with Crippen molar-refractivity contribution in [1.29, 1.82) is 5.26 Å². The van der Waals surface area contributed by atoms with Crippen LogP contribution in [0, 0.1) is 25.2 Å². The summed E-state index contributed by atoms with van der Waals surface area (Å²) in [4.78, 5) is 13.9. The first-order valence-electron chi connectivity index (χ1n) is 10.0. The zero-order valence-corrected chi connectivity index (χ0v) is 18.7. The van der Waals surface area contributed by atoms with E-state index in [2.05, 4.69) is 21.6 Å². The number of thioether (sulfide) groups is 1. The standard InChI is InChI=1S/C22H23N5OS2/c1-14-8-6-7-10-18(14)27-15(2)25-26-22(27)29-13-20(28)24-21-17(12-23)16-9-4-3-5-11-19(16)30-21/h6-8,10H,3-5,9,11,13H2,1-2H3,(H,24,28). The van der Waals surface area contributed by atoms with E-state index in [0.29, 0.717) is 15.7 Å². The smallest absolute Gasteiger partial charge is 0.235 e. The number of hydrogen-bond acceptors (Lipinski definition) is 6. The van der Waals surface area contributed by atoms with Gasteiger partial charge in [-0.25, -0.2) is 0 Å². The predicted octanol–water partition coefficient (Wildman–Crippen LogP) is 4.82. The van der Waals surface area contributed by atoms with E-state index in [-0.39, 0.29) is 11.7 Å². The molecule has 0 radical (unpaired) electrons. The molecule has 0 saturated heterocycles. The van der Waals surface area contributed by atoms with Gasteiger partial charge in [-0.3, -0.25) is 9.36 Å². The van der Waals surface area contributed by atoms with Gasteiger partial charge in [-0.1, -0.05) is 36.4 Å². The van der Waals surface area contributed by atoms with Gasteiger partial charge >= 0.3 is 0 Å². The van der Waals surface area contributed by atoms with Crippen LogP contribution in [0.4, 0.5) is 5.00 Å². The van der Waals surface area contributed by atoms with E-state index < -0.39 is 0 Å². The molecule has 0 fully saturated rings. The van der Waals surface area contributed by atoms with Gasteiger partial charge in [-0.15, -0.1) is 21.5 Å². The molecule has 4 rings (SSSR count). The number of para-hydroxylation sites is 1. The zero-order chi connectivity index (χ0) is 21.1. The second-order valence-corrected chi connectivity index (χ2v) is 9.42. The number of nitriles is 1. The lowest BCUT2D eigenvalue weighted by Crippen LogP contribution is -2.14. The third kappa shape index (κ3) is 4.13. The Bertz CT molecular complexity index is 1130. The first kappa shape index (κ1) is 20.6. The van der Waals surface area contributed by atoms with Crippen molar-refractivity contribution in [3.8, 4) is 11.8 Å². The molecule has 0 bridgehead atoms. The Balaban J connectivity index is 1.49. The number of fused-ring (bicyclic) bond motifs is 1. The Hall–Kier alpha value is -2.63. The van der Waals surface area contributed by atoms with Crippen molar-refractivity contribution < 1.29 is 4.79 Å². The zero-order valence-electron chi connectivity index (χ0n) is 17.1. The van der Waals surface area contributed by atoms with Crippen molar-refractivity contribution in [3.05, 3.63) is 51.7 Å². The fourth-order valence-corrected chi connectivity index (χ4v) is 5.82. The summed E-state index contributed by atoms with van der Waals surface area (Å²) < 4.78 is 1.97. The number of nitrogens with zero attached hydrogens (tertiary/aromatic N) is 4. The molecular weight excluding hydrogens is 414 g/mol. The minimum Gasteiger partial charge on any atom is -0.316 e. The molecule has 0 unspecified atom stereocenters. The molecule has 2 heterocycles. The van der Waals surface area contributed by atoms with Crippen molar-refractivity contribution in [2.45, 2.75) is 51.1 Å². The maximum Gasteiger partial charge on any atom is 0.235 e. The van der Waals surface area contributed by atoms with E-state index in [9.17, 15) is 10.1 Å². The number of rotatable bonds is 5. The molecule has 1 amide bonds. The molecule has 1 aromatic carbocycles. The van der Waals surface area contributed by atoms with Crippen LogP contribution in [0.5, 0.6) is 0 Å². The second-order valence-electron chi connectivity index (χ2n) is 7.37. The second kappa shape index (κ2) is 9.02. The minimum absolute atomic E-state index is 0.134. The van der Waals surface area contributed by atoms with Gasteiger partial charge in [0.2, 0.25) is 5.91 Å². The lowest BCUT2D eigenvalue weighted by molar-refractivity contribution is -0.113. The number of aromatic nitrogens is 3. The molecule has 1 aliphatic rings. The molecule has 3 aromatic rings. The van der Waals surface area contributed by atoms with Gasteiger partial charge in [0.25, 0.3) is 0 Å². The first-order chi connectivity index (χ1) is 14.6. The third-order valence-corrected chi connectivity index (χ3v) is 7.41. The summed E-state index contributed by atoms with van der Waals surface area (Å²) in [6.45, 7) is 3.95. The highest BCUT2D eigenvalue weighted by Gasteiger charge is 2.21. The monoisotopic (exact) mass is 437 g/mol. The molecule has 1 N–H and O–H groups in total. The normalized spacial score (nSPS) is 13.4. The molecule has 2 aromatic heterocycles.